The first kappa shape index (κ1) is 11.3. The summed E-state index contributed by atoms with van der Waals surface area (Å²) in [6.07, 6.45) is -1.04. The minimum atomic E-state index is -0.753. The molecule has 3 atom stereocenters. The van der Waals surface area contributed by atoms with Crippen LogP contribution in [0.5, 0.6) is 5.75 Å². The Balaban J connectivity index is 2.04. The smallest absolute Gasteiger partial charge is 0.167 e. The predicted octanol–water partition coefficient (Wildman–Crippen LogP) is 1.49. The molecule has 3 nitrogen and oxygen atoms in total. The Bertz CT molecular complexity index is 383. The van der Waals surface area contributed by atoms with Crippen LogP contribution in [0.25, 0.3) is 0 Å². The average molecular weight is 230 g/mol. The number of aliphatic hydroxyl groups excluding tert-OH is 1. The Kier molecular flexibility index (Phi) is 3.07. The van der Waals surface area contributed by atoms with Gasteiger partial charge in [-0.15, -0.1) is 0 Å². The fraction of sp³-hybridized carbons (Fsp3) is 0.455. The van der Waals surface area contributed by atoms with Crippen molar-refractivity contribution in [2.24, 2.45) is 0 Å². The Morgan fingerprint density at radius 2 is 2.12 bits per heavy atom. The number of hydrogen-bond donors (Lipinski definition) is 1. The van der Waals surface area contributed by atoms with Gasteiger partial charge in [0.25, 0.3) is 0 Å². The highest BCUT2D eigenvalue weighted by atomic mass is 19.1. The molecule has 1 aliphatic rings. The predicted molar refractivity (Wildman–Crippen MR) is 52.2 cm³/mol. The summed E-state index contributed by atoms with van der Waals surface area (Å²) in [6, 6.07) is 3.10. The highest BCUT2D eigenvalue weighted by Gasteiger charge is 2.42. The van der Waals surface area contributed by atoms with E-state index in [0.717, 1.165) is 12.1 Å². The second kappa shape index (κ2) is 4.35. The summed E-state index contributed by atoms with van der Waals surface area (Å²) in [5, 5.41) is 9.31. The average Bonchev–Trinajstić information content (AvgIpc) is 2.21. The Morgan fingerprint density at radius 3 is 2.69 bits per heavy atom. The van der Waals surface area contributed by atoms with Gasteiger partial charge in [-0.3, -0.25) is 0 Å². The third-order valence-corrected chi connectivity index (χ3v) is 2.66. The number of rotatable bonds is 3. The van der Waals surface area contributed by atoms with E-state index in [2.05, 4.69) is 0 Å². The maximum Gasteiger partial charge on any atom is 0.167 e. The van der Waals surface area contributed by atoms with Gasteiger partial charge in [0.1, 0.15) is 18.0 Å². The zero-order valence-electron chi connectivity index (χ0n) is 8.69. The third-order valence-electron chi connectivity index (χ3n) is 2.66. The van der Waals surface area contributed by atoms with Crippen LogP contribution < -0.4 is 4.74 Å². The van der Waals surface area contributed by atoms with Crippen molar-refractivity contribution >= 4 is 0 Å². The van der Waals surface area contributed by atoms with Crippen molar-refractivity contribution in [3.8, 4) is 5.75 Å². The third kappa shape index (κ3) is 2.01. The van der Waals surface area contributed by atoms with Crippen LogP contribution in [0.4, 0.5) is 8.78 Å². The van der Waals surface area contributed by atoms with Crippen LogP contribution in [0.15, 0.2) is 18.2 Å². The molecule has 0 bridgehead atoms. The summed E-state index contributed by atoms with van der Waals surface area (Å²) in [6.45, 7) is 0. The Labute approximate surface area is 91.6 Å². The largest absolute Gasteiger partial charge is 0.484 e. The standard InChI is InChI=1S/C11H12F2O3/c1-15-11-8(14)5-10(11)16-9-3-2-6(12)4-7(9)13/h2-4,8,10-11,14H,5H2,1H3. The van der Waals surface area contributed by atoms with Crippen molar-refractivity contribution in [3.05, 3.63) is 29.8 Å². The number of ether oxygens (including phenoxy) is 2. The topological polar surface area (TPSA) is 38.7 Å². The summed E-state index contributed by atoms with van der Waals surface area (Å²) in [5.74, 6) is -1.43. The molecule has 0 aliphatic heterocycles. The minimum absolute atomic E-state index is 0.0275. The van der Waals surface area contributed by atoms with Crippen LogP contribution in [0.1, 0.15) is 6.42 Å². The van der Waals surface area contributed by atoms with E-state index in [1.54, 1.807) is 0 Å². The lowest BCUT2D eigenvalue weighted by Gasteiger charge is -2.39. The summed E-state index contributed by atoms with van der Waals surface area (Å²) < 4.78 is 36.1. The number of benzene rings is 1. The van der Waals surface area contributed by atoms with Gasteiger partial charge in [-0.2, -0.15) is 0 Å². The zero-order valence-corrected chi connectivity index (χ0v) is 8.69. The van der Waals surface area contributed by atoms with Crippen molar-refractivity contribution in [1.29, 1.82) is 0 Å². The van der Waals surface area contributed by atoms with Crippen molar-refractivity contribution < 1.29 is 23.4 Å². The zero-order chi connectivity index (χ0) is 11.7. The van der Waals surface area contributed by atoms with Crippen LogP contribution in [-0.2, 0) is 4.74 Å². The SMILES string of the molecule is COC1C(O)CC1Oc1ccc(F)cc1F. The van der Waals surface area contributed by atoms with Gasteiger partial charge in [0.05, 0.1) is 6.10 Å². The lowest BCUT2D eigenvalue weighted by Crippen LogP contribution is -2.54. The second-order valence-corrected chi connectivity index (χ2v) is 3.73. The van der Waals surface area contributed by atoms with E-state index in [1.807, 2.05) is 0 Å². The molecule has 5 heteroatoms. The molecule has 1 aromatic carbocycles. The van der Waals surface area contributed by atoms with Crippen LogP contribution in [0.3, 0.4) is 0 Å². The molecule has 1 aliphatic carbocycles. The monoisotopic (exact) mass is 230 g/mol. The first-order valence-corrected chi connectivity index (χ1v) is 4.94. The molecule has 1 saturated carbocycles. The van der Waals surface area contributed by atoms with Gasteiger partial charge in [-0.1, -0.05) is 0 Å². The number of aliphatic hydroxyl groups is 1. The highest BCUT2D eigenvalue weighted by molar-refractivity contribution is 5.25. The van der Waals surface area contributed by atoms with Gasteiger partial charge in [0.2, 0.25) is 0 Å². The van der Waals surface area contributed by atoms with Crippen LogP contribution in [0.2, 0.25) is 0 Å². The van der Waals surface area contributed by atoms with E-state index >= 15 is 0 Å². The molecule has 0 saturated heterocycles. The van der Waals surface area contributed by atoms with Gasteiger partial charge >= 0.3 is 0 Å². The maximum absolute atomic E-state index is 13.2. The lowest BCUT2D eigenvalue weighted by molar-refractivity contribution is -0.149. The Hall–Kier alpha value is -1.20. The van der Waals surface area contributed by atoms with E-state index in [0.29, 0.717) is 6.42 Å². The van der Waals surface area contributed by atoms with E-state index in [9.17, 15) is 13.9 Å². The molecular formula is C11H12F2O3. The molecule has 88 valence electrons. The van der Waals surface area contributed by atoms with Gasteiger partial charge in [0.15, 0.2) is 11.6 Å². The molecule has 0 radical (unpaired) electrons. The second-order valence-electron chi connectivity index (χ2n) is 3.73. The molecule has 1 fully saturated rings. The molecule has 16 heavy (non-hydrogen) atoms. The Morgan fingerprint density at radius 1 is 1.38 bits per heavy atom. The molecule has 0 amide bonds. The normalized spacial score (nSPS) is 28.6. The first-order valence-electron chi connectivity index (χ1n) is 4.94. The minimum Gasteiger partial charge on any atom is -0.484 e. The molecule has 3 unspecified atom stereocenters. The van der Waals surface area contributed by atoms with Gasteiger partial charge in [-0.25, -0.2) is 8.78 Å². The van der Waals surface area contributed by atoms with Crippen molar-refractivity contribution in [1.82, 2.24) is 0 Å². The van der Waals surface area contributed by atoms with Crippen LogP contribution in [-0.4, -0.2) is 30.5 Å². The molecule has 0 aromatic heterocycles. The first-order chi connectivity index (χ1) is 7.61. The molecule has 0 spiro atoms. The van der Waals surface area contributed by atoms with Crippen molar-refractivity contribution in [3.63, 3.8) is 0 Å². The number of hydrogen-bond acceptors (Lipinski definition) is 3. The van der Waals surface area contributed by atoms with Crippen LogP contribution >= 0.6 is 0 Å². The van der Waals surface area contributed by atoms with E-state index < -0.39 is 23.8 Å². The summed E-state index contributed by atoms with van der Waals surface area (Å²) in [4.78, 5) is 0. The van der Waals surface area contributed by atoms with E-state index in [-0.39, 0.29) is 11.9 Å². The van der Waals surface area contributed by atoms with Gasteiger partial charge < -0.3 is 14.6 Å². The van der Waals surface area contributed by atoms with Crippen LogP contribution in [0, 0.1) is 11.6 Å². The number of methoxy groups -OCH3 is 1. The molecular weight excluding hydrogens is 218 g/mol. The highest BCUT2D eigenvalue weighted by Crippen LogP contribution is 2.29. The molecule has 1 N–H and O–H groups in total. The van der Waals surface area contributed by atoms with Crippen molar-refractivity contribution in [2.45, 2.75) is 24.7 Å². The van der Waals surface area contributed by atoms with Gasteiger partial charge in [-0.05, 0) is 12.1 Å². The number of halogens is 2. The molecule has 0 heterocycles. The summed E-state index contributed by atoms with van der Waals surface area (Å²) >= 11 is 0. The lowest BCUT2D eigenvalue weighted by atomic mass is 9.88. The maximum atomic E-state index is 13.2. The fourth-order valence-corrected chi connectivity index (χ4v) is 1.72. The van der Waals surface area contributed by atoms with Gasteiger partial charge in [0, 0.05) is 19.6 Å². The quantitative estimate of drug-likeness (QED) is 0.855. The molecule has 2 rings (SSSR count). The molecule has 1 aromatic rings. The summed E-state index contributed by atoms with van der Waals surface area (Å²) in [5.41, 5.74) is 0. The summed E-state index contributed by atoms with van der Waals surface area (Å²) in [7, 11) is 1.45. The van der Waals surface area contributed by atoms with Crippen molar-refractivity contribution in [2.75, 3.05) is 7.11 Å². The van der Waals surface area contributed by atoms with E-state index in [1.165, 1.54) is 13.2 Å². The van der Waals surface area contributed by atoms with E-state index in [4.69, 9.17) is 9.47 Å². The fourth-order valence-electron chi connectivity index (χ4n) is 1.72.